The molecule has 0 radical (unpaired) electrons. The standard InChI is InChI=1S/C14H18N2S/c1-10-6-7-17-14(10)9-16-8-12-4-3-5-13(15)11(12)2/h3-7,16H,8-9,15H2,1-2H3. The third-order valence-corrected chi connectivity index (χ3v) is 4.08. The second-order valence-corrected chi connectivity index (χ2v) is 5.26. The van der Waals surface area contributed by atoms with Crippen molar-refractivity contribution < 1.29 is 0 Å². The molecule has 1 aromatic heterocycles. The van der Waals surface area contributed by atoms with Crippen LogP contribution in [0.5, 0.6) is 0 Å². The number of anilines is 1. The third kappa shape index (κ3) is 2.87. The Morgan fingerprint density at radius 3 is 2.71 bits per heavy atom. The van der Waals surface area contributed by atoms with E-state index in [0.29, 0.717) is 0 Å². The molecular formula is C14H18N2S. The molecule has 0 aliphatic carbocycles. The van der Waals surface area contributed by atoms with Crippen LogP contribution in [0, 0.1) is 13.8 Å². The topological polar surface area (TPSA) is 38.0 Å². The molecule has 2 rings (SSSR count). The summed E-state index contributed by atoms with van der Waals surface area (Å²) < 4.78 is 0. The first kappa shape index (κ1) is 12.1. The molecular weight excluding hydrogens is 228 g/mol. The SMILES string of the molecule is Cc1ccsc1CNCc1cccc(N)c1C. The van der Waals surface area contributed by atoms with Crippen molar-refractivity contribution in [1.29, 1.82) is 0 Å². The minimum atomic E-state index is 0.869. The summed E-state index contributed by atoms with van der Waals surface area (Å²) in [6.07, 6.45) is 0. The van der Waals surface area contributed by atoms with Crippen LogP contribution in [0.2, 0.25) is 0 Å². The van der Waals surface area contributed by atoms with E-state index in [1.807, 2.05) is 12.1 Å². The van der Waals surface area contributed by atoms with Gasteiger partial charge in [-0.1, -0.05) is 12.1 Å². The van der Waals surface area contributed by atoms with E-state index in [9.17, 15) is 0 Å². The summed E-state index contributed by atoms with van der Waals surface area (Å²) in [4.78, 5) is 1.41. The van der Waals surface area contributed by atoms with Crippen LogP contribution in [0.3, 0.4) is 0 Å². The zero-order valence-corrected chi connectivity index (χ0v) is 11.1. The molecule has 90 valence electrons. The van der Waals surface area contributed by atoms with Crippen molar-refractivity contribution in [2.24, 2.45) is 0 Å². The first-order chi connectivity index (χ1) is 8.18. The summed E-state index contributed by atoms with van der Waals surface area (Å²) in [5.74, 6) is 0. The van der Waals surface area contributed by atoms with E-state index in [1.165, 1.54) is 21.6 Å². The molecule has 0 bridgehead atoms. The lowest BCUT2D eigenvalue weighted by Crippen LogP contribution is -2.13. The maximum atomic E-state index is 5.89. The summed E-state index contributed by atoms with van der Waals surface area (Å²) >= 11 is 1.80. The van der Waals surface area contributed by atoms with Crippen molar-refractivity contribution >= 4 is 17.0 Å². The lowest BCUT2D eigenvalue weighted by atomic mass is 10.1. The van der Waals surface area contributed by atoms with Crippen molar-refractivity contribution in [2.75, 3.05) is 5.73 Å². The molecule has 0 amide bonds. The second-order valence-electron chi connectivity index (χ2n) is 4.26. The first-order valence-electron chi connectivity index (χ1n) is 5.76. The molecule has 0 atom stereocenters. The van der Waals surface area contributed by atoms with Gasteiger partial charge >= 0.3 is 0 Å². The minimum Gasteiger partial charge on any atom is -0.399 e. The Hall–Kier alpha value is -1.32. The van der Waals surface area contributed by atoms with Gasteiger partial charge in [-0.05, 0) is 48.1 Å². The number of hydrogen-bond acceptors (Lipinski definition) is 3. The van der Waals surface area contributed by atoms with Crippen molar-refractivity contribution in [2.45, 2.75) is 26.9 Å². The molecule has 3 heteroatoms. The van der Waals surface area contributed by atoms with E-state index in [4.69, 9.17) is 5.73 Å². The molecule has 0 unspecified atom stereocenters. The Labute approximate surface area is 106 Å². The number of hydrogen-bond donors (Lipinski definition) is 2. The van der Waals surface area contributed by atoms with E-state index < -0.39 is 0 Å². The van der Waals surface area contributed by atoms with Gasteiger partial charge < -0.3 is 11.1 Å². The number of nitrogen functional groups attached to an aromatic ring is 1. The summed E-state index contributed by atoms with van der Waals surface area (Å²) in [6, 6.07) is 8.24. The van der Waals surface area contributed by atoms with Crippen LogP contribution in [-0.2, 0) is 13.1 Å². The molecule has 0 fully saturated rings. The van der Waals surface area contributed by atoms with Crippen molar-refractivity contribution in [3.8, 4) is 0 Å². The fourth-order valence-electron chi connectivity index (χ4n) is 1.79. The smallest absolute Gasteiger partial charge is 0.0346 e. The normalized spacial score (nSPS) is 10.7. The van der Waals surface area contributed by atoms with Crippen LogP contribution >= 0.6 is 11.3 Å². The van der Waals surface area contributed by atoms with E-state index >= 15 is 0 Å². The third-order valence-electron chi connectivity index (χ3n) is 3.06. The zero-order chi connectivity index (χ0) is 12.3. The Morgan fingerprint density at radius 1 is 1.18 bits per heavy atom. The van der Waals surface area contributed by atoms with Crippen molar-refractivity contribution in [3.05, 3.63) is 51.2 Å². The van der Waals surface area contributed by atoms with E-state index in [2.05, 4.69) is 36.7 Å². The predicted octanol–water partition coefficient (Wildman–Crippen LogP) is 3.24. The van der Waals surface area contributed by atoms with Gasteiger partial charge in [-0.3, -0.25) is 0 Å². The van der Waals surface area contributed by atoms with Gasteiger partial charge in [0, 0.05) is 23.7 Å². The summed E-state index contributed by atoms with van der Waals surface area (Å²) in [5, 5.41) is 5.60. The average molecular weight is 246 g/mol. The van der Waals surface area contributed by atoms with Gasteiger partial charge in [-0.25, -0.2) is 0 Å². The minimum absolute atomic E-state index is 0.869. The largest absolute Gasteiger partial charge is 0.399 e. The van der Waals surface area contributed by atoms with E-state index in [1.54, 1.807) is 11.3 Å². The Bertz CT molecular complexity index is 503. The van der Waals surface area contributed by atoms with Crippen LogP contribution in [-0.4, -0.2) is 0 Å². The summed E-state index contributed by atoms with van der Waals surface area (Å²) in [6.45, 7) is 6.02. The van der Waals surface area contributed by atoms with Gasteiger partial charge in [0.05, 0.1) is 0 Å². The van der Waals surface area contributed by atoms with Crippen LogP contribution in [0.4, 0.5) is 5.69 Å². The first-order valence-corrected chi connectivity index (χ1v) is 6.64. The van der Waals surface area contributed by atoms with Crippen LogP contribution in [0.25, 0.3) is 0 Å². The zero-order valence-electron chi connectivity index (χ0n) is 10.3. The molecule has 0 aliphatic heterocycles. The second kappa shape index (κ2) is 5.34. The van der Waals surface area contributed by atoms with Crippen molar-refractivity contribution in [1.82, 2.24) is 5.32 Å². The van der Waals surface area contributed by atoms with Crippen LogP contribution in [0.15, 0.2) is 29.6 Å². The number of rotatable bonds is 4. The Morgan fingerprint density at radius 2 is 2.00 bits per heavy atom. The molecule has 3 N–H and O–H groups in total. The fourth-order valence-corrected chi connectivity index (χ4v) is 2.67. The quantitative estimate of drug-likeness (QED) is 0.813. The lowest BCUT2D eigenvalue weighted by Gasteiger charge is -2.09. The fraction of sp³-hybridized carbons (Fsp3) is 0.286. The van der Waals surface area contributed by atoms with Gasteiger partial charge in [-0.15, -0.1) is 11.3 Å². The van der Waals surface area contributed by atoms with E-state index in [-0.39, 0.29) is 0 Å². The molecule has 0 spiro atoms. The Balaban J connectivity index is 1.95. The van der Waals surface area contributed by atoms with Gasteiger partial charge in [0.25, 0.3) is 0 Å². The molecule has 1 aromatic carbocycles. The highest BCUT2D eigenvalue weighted by Crippen LogP contribution is 2.17. The maximum Gasteiger partial charge on any atom is 0.0346 e. The molecule has 2 nitrogen and oxygen atoms in total. The van der Waals surface area contributed by atoms with Gasteiger partial charge in [0.2, 0.25) is 0 Å². The monoisotopic (exact) mass is 246 g/mol. The summed E-state index contributed by atoms with van der Waals surface area (Å²) in [7, 11) is 0. The van der Waals surface area contributed by atoms with Gasteiger partial charge in [0.15, 0.2) is 0 Å². The average Bonchev–Trinajstić information content (AvgIpc) is 2.71. The van der Waals surface area contributed by atoms with Crippen LogP contribution < -0.4 is 11.1 Å². The molecule has 1 heterocycles. The van der Waals surface area contributed by atoms with Crippen LogP contribution in [0.1, 0.15) is 21.6 Å². The lowest BCUT2D eigenvalue weighted by molar-refractivity contribution is 0.696. The number of benzene rings is 1. The highest BCUT2D eigenvalue weighted by atomic mass is 32.1. The highest BCUT2D eigenvalue weighted by Gasteiger charge is 2.02. The van der Waals surface area contributed by atoms with Crippen molar-refractivity contribution in [3.63, 3.8) is 0 Å². The predicted molar refractivity (Wildman–Crippen MR) is 75.2 cm³/mol. The molecule has 0 saturated carbocycles. The van der Waals surface area contributed by atoms with Gasteiger partial charge in [0.1, 0.15) is 0 Å². The molecule has 0 saturated heterocycles. The highest BCUT2D eigenvalue weighted by molar-refractivity contribution is 7.10. The molecule has 2 aromatic rings. The molecule has 17 heavy (non-hydrogen) atoms. The molecule has 0 aliphatic rings. The maximum absolute atomic E-state index is 5.89. The Kier molecular flexibility index (Phi) is 3.82. The number of nitrogens with one attached hydrogen (secondary N) is 1. The number of thiophene rings is 1. The summed E-state index contributed by atoms with van der Waals surface area (Å²) in [5.41, 5.74) is 10.6. The number of aryl methyl sites for hydroxylation is 1. The van der Waals surface area contributed by atoms with Gasteiger partial charge in [-0.2, -0.15) is 0 Å². The number of nitrogens with two attached hydrogens (primary N) is 1. The van der Waals surface area contributed by atoms with E-state index in [0.717, 1.165) is 18.8 Å².